The van der Waals surface area contributed by atoms with Gasteiger partial charge in [-0.05, 0) is 74.5 Å². The number of amides is 1. The summed E-state index contributed by atoms with van der Waals surface area (Å²) < 4.78 is 7.45. The van der Waals surface area contributed by atoms with Crippen LogP contribution < -0.4 is 10.1 Å². The van der Waals surface area contributed by atoms with Crippen LogP contribution in [0.25, 0.3) is 0 Å². The van der Waals surface area contributed by atoms with E-state index in [0.717, 1.165) is 19.6 Å². The molecule has 3 rings (SSSR count). The van der Waals surface area contributed by atoms with Crippen molar-refractivity contribution in [2.24, 2.45) is 0 Å². The Balaban J connectivity index is 1.46. The van der Waals surface area contributed by atoms with Crippen molar-refractivity contribution in [2.45, 2.75) is 39.3 Å². The largest absolute Gasteiger partial charge is 0.486 e. The fourth-order valence-corrected chi connectivity index (χ4v) is 2.99. The van der Waals surface area contributed by atoms with Crippen LogP contribution in [-0.2, 0) is 6.61 Å². The molecule has 1 aliphatic rings. The van der Waals surface area contributed by atoms with Crippen molar-refractivity contribution in [1.82, 2.24) is 30.4 Å². The average molecular weight is 358 g/mol. The van der Waals surface area contributed by atoms with E-state index in [1.54, 1.807) is 28.9 Å². The lowest BCUT2D eigenvalue weighted by Crippen LogP contribution is -2.33. The van der Waals surface area contributed by atoms with Crippen LogP contribution >= 0.6 is 0 Å². The van der Waals surface area contributed by atoms with E-state index >= 15 is 0 Å². The second kappa shape index (κ2) is 8.75. The molecule has 2 heterocycles. The normalized spacial score (nSPS) is 14.7. The zero-order valence-corrected chi connectivity index (χ0v) is 15.4. The highest BCUT2D eigenvalue weighted by atomic mass is 16.5. The maximum atomic E-state index is 12.2. The molecule has 0 saturated carbocycles. The Bertz CT molecular complexity index is 707. The van der Waals surface area contributed by atoms with E-state index in [1.807, 2.05) is 13.8 Å². The first kappa shape index (κ1) is 18.3. The van der Waals surface area contributed by atoms with Crippen LogP contribution in [0, 0.1) is 0 Å². The van der Waals surface area contributed by atoms with Gasteiger partial charge in [0, 0.05) is 18.7 Å². The molecule has 140 valence electrons. The quantitative estimate of drug-likeness (QED) is 0.772. The third-order valence-electron chi connectivity index (χ3n) is 4.45. The summed E-state index contributed by atoms with van der Waals surface area (Å²) in [6, 6.07) is 7.30. The van der Waals surface area contributed by atoms with Gasteiger partial charge in [-0.25, -0.2) is 4.68 Å². The number of carbonyl (C=O) groups is 1. The number of carbonyl (C=O) groups excluding carboxylic acids is 1. The maximum Gasteiger partial charge on any atom is 0.251 e. The summed E-state index contributed by atoms with van der Waals surface area (Å²) in [7, 11) is 0. The molecule has 8 heteroatoms. The molecule has 1 fully saturated rings. The molecule has 1 aromatic heterocycles. The number of ether oxygens (including phenoxy) is 1. The first-order valence-electron chi connectivity index (χ1n) is 9.13. The van der Waals surface area contributed by atoms with Gasteiger partial charge in [0.15, 0.2) is 5.82 Å². The zero-order chi connectivity index (χ0) is 18.4. The van der Waals surface area contributed by atoms with E-state index in [0.29, 0.717) is 23.7 Å². The molecule has 8 nitrogen and oxygen atoms in total. The van der Waals surface area contributed by atoms with E-state index in [9.17, 15) is 4.79 Å². The highest BCUT2D eigenvalue weighted by Gasteiger charge is 2.12. The molecular weight excluding hydrogens is 332 g/mol. The Labute approximate surface area is 153 Å². The topological polar surface area (TPSA) is 85.2 Å². The highest BCUT2D eigenvalue weighted by molar-refractivity contribution is 5.94. The predicted molar refractivity (Wildman–Crippen MR) is 97.0 cm³/mol. The smallest absolute Gasteiger partial charge is 0.251 e. The fraction of sp³-hybridized carbons (Fsp3) is 0.556. The molecule has 0 radical (unpaired) electrons. The monoisotopic (exact) mass is 358 g/mol. The Morgan fingerprint density at radius 2 is 1.96 bits per heavy atom. The van der Waals surface area contributed by atoms with Crippen molar-refractivity contribution >= 4 is 5.91 Å². The Morgan fingerprint density at radius 1 is 1.23 bits per heavy atom. The summed E-state index contributed by atoms with van der Waals surface area (Å²) >= 11 is 0. The number of rotatable bonds is 8. The number of hydrogen-bond donors (Lipinski definition) is 1. The molecule has 0 spiro atoms. The van der Waals surface area contributed by atoms with Crippen LogP contribution in [0.1, 0.15) is 48.9 Å². The average Bonchev–Trinajstić information content (AvgIpc) is 3.32. The summed E-state index contributed by atoms with van der Waals surface area (Å²) in [6.07, 6.45) is 2.53. The molecule has 1 amide bonds. The van der Waals surface area contributed by atoms with Crippen molar-refractivity contribution in [3.63, 3.8) is 0 Å². The minimum atomic E-state index is -0.0560. The number of tetrazole rings is 1. The van der Waals surface area contributed by atoms with Gasteiger partial charge in [0.2, 0.25) is 0 Å². The Kier molecular flexibility index (Phi) is 6.17. The van der Waals surface area contributed by atoms with Crippen LogP contribution in [0.3, 0.4) is 0 Å². The Hall–Kier alpha value is -2.48. The second-order valence-corrected chi connectivity index (χ2v) is 6.75. The molecule has 1 aliphatic heterocycles. The minimum absolute atomic E-state index is 0.0560. The summed E-state index contributed by atoms with van der Waals surface area (Å²) in [5.74, 6) is 1.29. The van der Waals surface area contributed by atoms with Gasteiger partial charge in [0.25, 0.3) is 5.91 Å². The molecule has 26 heavy (non-hydrogen) atoms. The third-order valence-corrected chi connectivity index (χ3v) is 4.45. The standard InChI is InChI=1S/C18H26N6O2/c1-14(2)24-17(20-21-22-24)13-26-16-7-5-15(6-8-16)18(25)19-9-12-23-10-3-4-11-23/h5-8,14H,3-4,9-13H2,1-2H3,(H,19,25). The SMILES string of the molecule is CC(C)n1nnnc1COc1ccc(C(=O)NCCN2CCCC2)cc1. The van der Waals surface area contributed by atoms with Gasteiger partial charge in [0.05, 0.1) is 6.04 Å². The lowest BCUT2D eigenvalue weighted by atomic mass is 10.2. The number of nitrogens with zero attached hydrogens (tertiary/aromatic N) is 5. The van der Waals surface area contributed by atoms with Gasteiger partial charge >= 0.3 is 0 Å². The molecule has 1 saturated heterocycles. The van der Waals surface area contributed by atoms with Gasteiger partial charge in [-0.2, -0.15) is 0 Å². The minimum Gasteiger partial charge on any atom is -0.486 e. The summed E-state index contributed by atoms with van der Waals surface area (Å²) in [4.78, 5) is 14.6. The van der Waals surface area contributed by atoms with Gasteiger partial charge in [-0.3, -0.25) is 4.79 Å². The number of likely N-dealkylation sites (tertiary alicyclic amines) is 1. The van der Waals surface area contributed by atoms with E-state index < -0.39 is 0 Å². The van der Waals surface area contributed by atoms with Crippen LogP contribution in [0.15, 0.2) is 24.3 Å². The molecule has 0 atom stereocenters. The first-order chi connectivity index (χ1) is 12.6. The van der Waals surface area contributed by atoms with Crippen LogP contribution in [-0.4, -0.2) is 57.2 Å². The fourth-order valence-electron chi connectivity index (χ4n) is 2.99. The number of benzene rings is 1. The van der Waals surface area contributed by atoms with Gasteiger partial charge in [-0.1, -0.05) is 0 Å². The Morgan fingerprint density at radius 3 is 2.65 bits per heavy atom. The maximum absolute atomic E-state index is 12.2. The van der Waals surface area contributed by atoms with E-state index in [4.69, 9.17) is 4.74 Å². The van der Waals surface area contributed by atoms with E-state index in [-0.39, 0.29) is 18.6 Å². The molecule has 0 aliphatic carbocycles. The van der Waals surface area contributed by atoms with Crippen molar-refractivity contribution in [2.75, 3.05) is 26.2 Å². The highest BCUT2D eigenvalue weighted by Crippen LogP contribution is 2.14. The first-order valence-corrected chi connectivity index (χ1v) is 9.13. The van der Waals surface area contributed by atoms with Crippen molar-refractivity contribution in [1.29, 1.82) is 0 Å². The van der Waals surface area contributed by atoms with Gasteiger partial charge in [0.1, 0.15) is 12.4 Å². The van der Waals surface area contributed by atoms with Gasteiger partial charge < -0.3 is 15.0 Å². The van der Waals surface area contributed by atoms with Crippen molar-refractivity contribution in [3.05, 3.63) is 35.7 Å². The van der Waals surface area contributed by atoms with Crippen LogP contribution in [0.5, 0.6) is 5.75 Å². The zero-order valence-electron chi connectivity index (χ0n) is 15.4. The molecule has 1 aromatic carbocycles. The van der Waals surface area contributed by atoms with E-state index in [2.05, 4.69) is 25.7 Å². The number of nitrogens with one attached hydrogen (secondary N) is 1. The second-order valence-electron chi connectivity index (χ2n) is 6.75. The summed E-state index contributed by atoms with van der Waals surface area (Å²) in [5.41, 5.74) is 0.630. The summed E-state index contributed by atoms with van der Waals surface area (Å²) in [5, 5.41) is 14.6. The van der Waals surface area contributed by atoms with E-state index in [1.165, 1.54) is 12.8 Å². The molecule has 0 unspecified atom stereocenters. The lowest BCUT2D eigenvalue weighted by molar-refractivity contribution is 0.0949. The summed E-state index contributed by atoms with van der Waals surface area (Å²) in [6.45, 7) is 8.18. The molecule has 2 aromatic rings. The van der Waals surface area contributed by atoms with Crippen LogP contribution in [0.2, 0.25) is 0 Å². The number of aromatic nitrogens is 4. The van der Waals surface area contributed by atoms with Crippen molar-refractivity contribution in [3.8, 4) is 5.75 Å². The van der Waals surface area contributed by atoms with Crippen molar-refractivity contribution < 1.29 is 9.53 Å². The van der Waals surface area contributed by atoms with Gasteiger partial charge in [-0.15, -0.1) is 5.10 Å². The number of hydrogen-bond acceptors (Lipinski definition) is 6. The molecular formula is C18H26N6O2. The lowest BCUT2D eigenvalue weighted by Gasteiger charge is -2.14. The predicted octanol–water partition coefficient (Wildman–Crippen LogP) is 1.66. The molecule has 1 N–H and O–H groups in total. The molecule has 0 bridgehead atoms. The van der Waals surface area contributed by atoms with Crippen LogP contribution in [0.4, 0.5) is 0 Å². The third kappa shape index (κ3) is 4.78.